The average molecular weight is 640 g/mol. The zero-order valence-corrected chi connectivity index (χ0v) is 27.5. The quantitative estimate of drug-likeness (QED) is 0.348. The molecule has 2 saturated heterocycles. The first-order valence-corrected chi connectivity index (χ1v) is 17.2. The normalized spacial score (nSPS) is 25.0. The van der Waals surface area contributed by atoms with Crippen LogP contribution in [0.3, 0.4) is 0 Å². The smallest absolute Gasteiger partial charge is 0.276 e. The maximum absolute atomic E-state index is 16.0. The van der Waals surface area contributed by atoms with Crippen molar-refractivity contribution in [1.82, 2.24) is 24.3 Å². The van der Waals surface area contributed by atoms with Crippen LogP contribution in [0.15, 0.2) is 35.4 Å². The van der Waals surface area contributed by atoms with Crippen molar-refractivity contribution >= 4 is 22.5 Å². The van der Waals surface area contributed by atoms with Crippen LogP contribution in [0.25, 0.3) is 11.0 Å². The Balaban J connectivity index is 1.38. The molecule has 2 fully saturated rings. The van der Waals surface area contributed by atoms with Gasteiger partial charge in [0.15, 0.2) is 0 Å². The fourth-order valence-corrected chi connectivity index (χ4v) is 7.49. The first-order valence-electron chi connectivity index (χ1n) is 17.2. The highest BCUT2D eigenvalue weighted by Gasteiger charge is 2.39. The van der Waals surface area contributed by atoms with Crippen LogP contribution in [0, 0.1) is 11.7 Å². The molecule has 0 saturated carbocycles. The zero-order chi connectivity index (χ0) is 32.4. The summed E-state index contributed by atoms with van der Waals surface area (Å²) >= 11 is 0. The second-order valence-corrected chi connectivity index (χ2v) is 13.7. The monoisotopic (exact) mass is 639 g/mol. The van der Waals surface area contributed by atoms with Gasteiger partial charge in [0.1, 0.15) is 29.3 Å². The van der Waals surface area contributed by atoms with Gasteiger partial charge in [0.2, 0.25) is 0 Å². The van der Waals surface area contributed by atoms with Gasteiger partial charge in [-0.25, -0.2) is 23.1 Å². The van der Waals surface area contributed by atoms with Gasteiger partial charge in [0.25, 0.3) is 11.5 Å². The summed E-state index contributed by atoms with van der Waals surface area (Å²) in [6.45, 7) is 12.4. The Bertz CT molecular complexity index is 1560. The van der Waals surface area contributed by atoms with Crippen molar-refractivity contribution in [2.24, 2.45) is 5.92 Å². The van der Waals surface area contributed by atoms with Crippen LogP contribution in [0.2, 0.25) is 0 Å². The molecular formula is C35H48F3N7O. The van der Waals surface area contributed by atoms with Crippen LogP contribution in [0.4, 0.5) is 24.7 Å². The van der Waals surface area contributed by atoms with Gasteiger partial charge in [-0.1, -0.05) is 31.0 Å². The molecule has 0 amide bonds. The van der Waals surface area contributed by atoms with E-state index in [0.717, 1.165) is 71.5 Å². The Morgan fingerprint density at radius 1 is 0.935 bits per heavy atom. The molecule has 7 rings (SSSR count). The number of nitrogens with one attached hydrogen (secondary N) is 1. The number of rotatable bonds is 2. The lowest BCUT2D eigenvalue weighted by Crippen LogP contribution is -2.50. The molecule has 250 valence electrons. The molecule has 8 bridgehead atoms. The second-order valence-electron chi connectivity index (χ2n) is 13.7. The molecule has 0 spiro atoms. The first kappa shape index (κ1) is 32.7. The van der Waals surface area contributed by atoms with Crippen LogP contribution in [-0.2, 0) is 12.5 Å². The largest absolute Gasteiger partial charge is 0.364 e. The SMILES string of the molecule is CC(C)N1CCN(c2cc3c4ncnc3n(c2=O)CCCCCCN2CCC(CC2)CC(F)(F)c2cccc(c2F)[C@@H](C)N4)CC1. The minimum Gasteiger partial charge on any atom is -0.364 e. The first-order chi connectivity index (χ1) is 22.1. The van der Waals surface area contributed by atoms with Crippen molar-refractivity contribution in [3.05, 3.63) is 57.9 Å². The molecule has 1 aromatic carbocycles. The highest BCUT2D eigenvalue weighted by Crippen LogP contribution is 2.41. The van der Waals surface area contributed by atoms with Gasteiger partial charge >= 0.3 is 0 Å². The molecular weight excluding hydrogens is 591 g/mol. The van der Waals surface area contributed by atoms with Crippen LogP contribution >= 0.6 is 0 Å². The number of anilines is 2. The van der Waals surface area contributed by atoms with E-state index in [1.807, 2.05) is 6.07 Å². The fourth-order valence-electron chi connectivity index (χ4n) is 7.49. The van der Waals surface area contributed by atoms with Crippen molar-refractivity contribution in [1.29, 1.82) is 0 Å². The number of piperazine rings is 1. The molecule has 4 aliphatic rings. The van der Waals surface area contributed by atoms with Crippen LogP contribution in [-0.4, -0.2) is 76.2 Å². The predicted molar refractivity (Wildman–Crippen MR) is 177 cm³/mol. The number of hydrogen-bond donors (Lipinski definition) is 1. The Morgan fingerprint density at radius 2 is 1.65 bits per heavy atom. The molecule has 0 unspecified atom stereocenters. The lowest BCUT2D eigenvalue weighted by atomic mass is 9.87. The number of benzene rings is 1. The number of piperidine rings is 1. The van der Waals surface area contributed by atoms with Gasteiger partial charge in [0.05, 0.1) is 17.0 Å². The highest BCUT2D eigenvalue weighted by atomic mass is 19.3. The van der Waals surface area contributed by atoms with Crippen LogP contribution in [0.5, 0.6) is 0 Å². The highest BCUT2D eigenvalue weighted by molar-refractivity contribution is 5.89. The van der Waals surface area contributed by atoms with E-state index < -0.39 is 23.3 Å². The van der Waals surface area contributed by atoms with Gasteiger partial charge in [-0.2, -0.15) is 0 Å². The summed E-state index contributed by atoms with van der Waals surface area (Å²) in [5.41, 5.74) is 0.676. The maximum atomic E-state index is 16.0. The zero-order valence-electron chi connectivity index (χ0n) is 27.5. The van der Waals surface area contributed by atoms with E-state index in [9.17, 15) is 4.79 Å². The predicted octanol–water partition coefficient (Wildman–Crippen LogP) is 6.40. The van der Waals surface area contributed by atoms with Crippen molar-refractivity contribution in [3.63, 3.8) is 0 Å². The summed E-state index contributed by atoms with van der Waals surface area (Å²) in [6, 6.07) is 5.92. The number of alkyl halides is 2. The summed E-state index contributed by atoms with van der Waals surface area (Å²) in [5, 5.41) is 3.96. The topological polar surface area (TPSA) is 69.5 Å². The minimum absolute atomic E-state index is 0.0644. The number of aromatic nitrogens is 3. The summed E-state index contributed by atoms with van der Waals surface area (Å²) in [7, 11) is 0. The standard InChI is InChI=1S/C35H48F3N7O/c1-24(2)43-17-19-44(20-18-43)30-21-28-32-39-23-40-33(28)45(34(30)46)14-7-5-4-6-13-42-15-11-26(12-16-42)22-35(37,38)29-10-8-9-27(31(29)36)25(3)41-32/h8-10,21,23-26H,4-7,11-20,22H2,1-3H3,(H,39,40,41)/t25-/m1/s1. The average Bonchev–Trinajstić information content (AvgIpc) is 3.03. The van der Waals surface area contributed by atoms with Gasteiger partial charge in [-0.15, -0.1) is 0 Å². The lowest BCUT2D eigenvalue weighted by Gasteiger charge is -2.38. The summed E-state index contributed by atoms with van der Waals surface area (Å²) in [6.07, 6.45) is 6.36. The maximum Gasteiger partial charge on any atom is 0.276 e. The van der Waals surface area contributed by atoms with E-state index in [0.29, 0.717) is 48.0 Å². The summed E-state index contributed by atoms with van der Waals surface area (Å²) in [5.74, 6) is -3.84. The molecule has 3 aromatic rings. The van der Waals surface area contributed by atoms with Gasteiger partial charge in [0, 0.05) is 50.7 Å². The minimum atomic E-state index is -3.27. The number of fused-ring (bicyclic) bond motifs is 9. The number of nitrogens with zero attached hydrogens (tertiary/aromatic N) is 6. The summed E-state index contributed by atoms with van der Waals surface area (Å²) < 4.78 is 49.1. The fraction of sp³-hybridized carbons (Fsp3) is 0.629. The molecule has 11 heteroatoms. The Labute approximate surface area is 270 Å². The lowest BCUT2D eigenvalue weighted by molar-refractivity contribution is -0.0401. The number of halogens is 3. The molecule has 1 atom stereocenters. The van der Waals surface area contributed by atoms with E-state index in [1.54, 1.807) is 17.6 Å². The second kappa shape index (κ2) is 13.9. The third kappa shape index (κ3) is 6.90. The van der Waals surface area contributed by atoms with E-state index in [4.69, 9.17) is 0 Å². The van der Waals surface area contributed by atoms with Gasteiger partial charge in [-0.3, -0.25) is 14.3 Å². The molecule has 4 aliphatic heterocycles. The van der Waals surface area contributed by atoms with E-state index >= 15 is 13.2 Å². The molecule has 46 heavy (non-hydrogen) atoms. The Kier molecular flexibility index (Phi) is 9.89. The van der Waals surface area contributed by atoms with Gasteiger partial charge in [-0.05, 0) is 78.1 Å². The van der Waals surface area contributed by atoms with Crippen LogP contribution in [0.1, 0.15) is 82.9 Å². The molecule has 0 radical (unpaired) electrons. The van der Waals surface area contributed by atoms with E-state index in [-0.39, 0.29) is 23.5 Å². The number of hydrogen-bond acceptors (Lipinski definition) is 7. The summed E-state index contributed by atoms with van der Waals surface area (Å²) in [4.78, 5) is 30.1. The number of aryl methyl sites for hydroxylation is 1. The molecule has 6 heterocycles. The van der Waals surface area contributed by atoms with E-state index in [1.165, 1.54) is 18.5 Å². The Morgan fingerprint density at radius 3 is 2.37 bits per heavy atom. The van der Waals surface area contributed by atoms with Crippen molar-refractivity contribution in [3.8, 4) is 0 Å². The molecule has 1 N–H and O–H groups in total. The number of pyridine rings is 1. The third-order valence-corrected chi connectivity index (χ3v) is 10.3. The Hall–Kier alpha value is -3.18. The van der Waals surface area contributed by atoms with Crippen molar-refractivity contribution < 1.29 is 13.2 Å². The van der Waals surface area contributed by atoms with Gasteiger partial charge < -0.3 is 15.1 Å². The molecule has 8 nitrogen and oxygen atoms in total. The molecule has 2 aromatic heterocycles. The van der Waals surface area contributed by atoms with E-state index in [2.05, 4.69) is 43.8 Å². The van der Waals surface area contributed by atoms with Crippen molar-refractivity contribution in [2.75, 3.05) is 56.0 Å². The third-order valence-electron chi connectivity index (χ3n) is 10.3. The van der Waals surface area contributed by atoms with Crippen LogP contribution < -0.4 is 15.8 Å². The van der Waals surface area contributed by atoms with Crippen molar-refractivity contribution in [2.45, 2.75) is 90.3 Å². The molecule has 0 aliphatic carbocycles.